The minimum absolute atomic E-state index is 0.0546. The van der Waals surface area contributed by atoms with Crippen LogP contribution in [0.25, 0.3) is 11.6 Å². The van der Waals surface area contributed by atoms with Crippen molar-refractivity contribution < 1.29 is 9.53 Å². The van der Waals surface area contributed by atoms with Crippen LogP contribution in [-0.4, -0.2) is 26.2 Å². The van der Waals surface area contributed by atoms with E-state index in [-0.39, 0.29) is 12.6 Å². The largest absolute Gasteiger partial charge is 0.454 e. The van der Waals surface area contributed by atoms with Gasteiger partial charge in [0.2, 0.25) is 0 Å². The first-order chi connectivity index (χ1) is 11.8. The lowest BCUT2D eigenvalue weighted by atomic mass is 10.2. The summed E-state index contributed by atoms with van der Waals surface area (Å²) in [4.78, 5) is 14.5. The van der Waals surface area contributed by atoms with Crippen LogP contribution in [0.5, 0.6) is 0 Å². The molecule has 3 aromatic heterocycles. The molecule has 0 bridgehead atoms. The molecule has 0 N–H and O–H groups in total. The number of carbonyl (C=O) groups excluding carboxylic acids is 1. The molecule has 3 rings (SSSR count). The number of esters is 1. The maximum atomic E-state index is 12.6. The van der Waals surface area contributed by atoms with Gasteiger partial charge >= 0.3 is 5.97 Å². The van der Waals surface area contributed by atoms with E-state index in [0.29, 0.717) is 17.9 Å². The number of aromatic nitrogens is 4. The molecule has 6 nitrogen and oxygen atoms in total. The third kappa shape index (κ3) is 3.95. The highest BCUT2D eigenvalue weighted by Crippen LogP contribution is 2.26. The summed E-state index contributed by atoms with van der Waals surface area (Å²) in [5.74, 6) is 0.170. The van der Waals surface area contributed by atoms with E-state index < -0.39 is 0 Å². The van der Waals surface area contributed by atoms with Crippen molar-refractivity contribution in [3.05, 3.63) is 50.6 Å². The molecule has 8 heteroatoms. The van der Waals surface area contributed by atoms with Crippen molar-refractivity contribution in [2.75, 3.05) is 0 Å². The zero-order valence-corrected chi connectivity index (χ0v) is 14.7. The molecule has 3 aromatic rings. The molecule has 0 saturated carbocycles. The number of hydrogen-bond acceptors (Lipinski definition) is 7. The maximum Gasteiger partial charge on any atom is 0.340 e. The van der Waals surface area contributed by atoms with Gasteiger partial charge in [0, 0.05) is 16.3 Å². The Kier molecular flexibility index (Phi) is 5.50. The van der Waals surface area contributed by atoms with Gasteiger partial charge in [-0.3, -0.25) is 0 Å². The van der Waals surface area contributed by atoms with Crippen LogP contribution < -0.4 is 0 Å². The van der Waals surface area contributed by atoms with E-state index in [4.69, 9.17) is 4.74 Å². The minimum Gasteiger partial charge on any atom is -0.454 e. The summed E-state index contributed by atoms with van der Waals surface area (Å²) in [6.07, 6.45) is 2.76. The fourth-order valence-electron chi connectivity index (χ4n) is 2.10. The van der Waals surface area contributed by atoms with Gasteiger partial charge in [0.05, 0.1) is 5.57 Å². The molecule has 3 heterocycles. The third-order valence-electron chi connectivity index (χ3n) is 3.21. The first kappa shape index (κ1) is 16.5. The Morgan fingerprint density at radius 1 is 1.29 bits per heavy atom. The monoisotopic (exact) mass is 360 g/mol. The molecule has 0 spiro atoms. The number of aryl methyl sites for hydroxylation is 1. The van der Waals surface area contributed by atoms with Crippen molar-refractivity contribution >= 4 is 40.3 Å². The Morgan fingerprint density at radius 3 is 2.83 bits per heavy atom. The highest BCUT2D eigenvalue weighted by Gasteiger charge is 2.17. The number of tetrazole rings is 1. The average molecular weight is 360 g/mol. The Morgan fingerprint density at radius 2 is 2.12 bits per heavy atom. The van der Waals surface area contributed by atoms with Crippen molar-refractivity contribution in [2.24, 2.45) is 0 Å². The Balaban J connectivity index is 1.76. The molecule has 24 heavy (non-hydrogen) atoms. The SMILES string of the molecule is CCCn1nnnc1COC(=O)/C(=C/c1cccs1)c1cccs1. The van der Waals surface area contributed by atoms with Crippen molar-refractivity contribution in [1.82, 2.24) is 20.2 Å². The third-order valence-corrected chi connectivity index (χ3v) is 4.93. The molecule has 0 aliphatic rings. The molecule has 0 aliphatic carbocycles. The molecular formula is C16H16N4O2S2. The van der Waals surface area contributed by atoms with E-state index in [1.165, 1.54) is 11.3 Å². The fraction of sp³-hybridized carbons (Fsp3) is 0.250. The summed E-state index contributed by atoms with van der Waals surface area (Å²) in [5.41, 5.74) is 0.543. The maximum absolute atomic E-state index is 12.6. The molecule has 0 unspecified atom stereocenters. The number of hydrogen-bond donors (Lipinski definition) is 0. The molecule has 124 valence electrons. The summed E-state index contributed by atoms with van der Waals surface area (Å²) in [5, 5.41) is 15.4. The quantitative estimate of drug-likeness (QED) is 0.476. The van der Waals surface area contributed by atoms with Crippen LogP contribution in [0.4, 0.5) is 0 Å². The van der Waals surface area contributed by atoms with E-state index in [1.807, 2.05) is 48.0 Å². The van der Waals surface area contributed by atoms with Crippen molar-refractivity contribution in [1.29, 1.82) is 0 Å². The van der Waals surface area contributed by atoms with Gasteiger partial charge in [0.25, 0.3) is 0 Å². The second-order valence-corrected chi connectivity index (χ2v) is 6.87. The highest BCUT2D eigenvalue weighted by atomic mass is 32.1. The van der Waals surface area contributed by atoms with Crippen LogP contribution in [0, 0.1) is 0 Å². The first-order valence-electron chi connectivity index (χ1n) is 7.49. The van der Waals surface area contributed by atoms with Gasteiger partial charge in [-0.1, -0.05) is 19.1 Å². The molecule has 0 amide bonds. The average Bonchev–Trinajstić information content (AvgIpc) is 3.33. The van der Waals surface area contributed by atoms with Gasteiger partial charge in [-0.15, -0.1) is 27.8 Å². The van der Waals surface area contributed by atoms with E-state index in [0.717, 1.165) is 16.2 Å². The van der Waals surface area contributed by atoms with Gasteiger partial charge in [-0.25, -0.2) is 9.48 Å². The number of ether oxygens (including phenoxy) is 1. The van der Waals surface area contributed by atoms with Crippen LogP contribution in [-0.2, 0) is 22.7 Å². The van der Waals surface area contributed by atoms with Crippen molar-refractivity contribution in [3.63, 3.8) is 0 Å². The van der Waals surface area contributed by atoms with Crippen molar-refractivity contribution in [2.45, 2.75) is 26.5 Å². The molecule has 0 fully saturated rings. The predicted octanol–water partition coefficient (Wildman–Crippen LogP) is 3.49. The second-order valence-electron chi connectivity index (χ2n) is 4.95. The Bertz CT molecular complexity index is 807. The molecule has 0 aromatic carbocycles. The first-order valence-corrected chi connectivity index (χ1v) is 9.25. The van der Waals surface area contributed by atoms with E-state index in [1.54, 1.807) is 16.0 Å². The van der Waals surface area contributed by atoms with Gasteiger partial charge in [-0.05, 0) is 45.8 Å². The summed E-state index contributed by atoms with van der Waals surface area (Å²) < 4.78 is 7.10. The number of carbonyl (C=O) groups is 1. The van der Waals surface area contributed by atoms with Gasteiger partial charge in [0.15, 0.2) is 12.4 Å². The second kappa shape index (κ2) is 7.98. The van der Waals surface area contributed by atoms with Gasteiger partial charge in [-0.2, -0.15) is 0 Å². The topological polar surface area (TPSA) is 69.9 Å². The normalized spacial score (nSPS) is 11.6. The number of nitrogens with zero attached hydrogens (tertiary/aromatic N) is 4. The van der Waals surface area contributed by atoms with E-state index >= 15 is 0 Å². The van der Waals surface area contributed by atoms with Crippen LogP contribution in [0.15, 0.2) is 35.0 Å². The highest BCUT2D eigenvalue weighted by molar-refractivity contribution is 7.12. The zero-order valence-electron chi connectivity index (χ0n) is 13.1. The summed E-state index contributed by atoms with van der Waals surface area (Å²) in [7, 11) is 0. The predicted molar refractivity (Wildman–Crippen MR) is 94.4 cm³/mol. The fourth-order valence-corrected chi connectivity index (χ4v) is 3.49. The Labute approximate surface area is 147 Å². The van der Waals surface area contributed by atoms with Gasteiger partial charge < -0.3 is 4.74 Å². The van der Waals surface area contributed by atoms with Crippen molar-refractivity contribution in [3.8, 4) is 0 Å². The van der Waals surface area contributed by atoms with Crippen LogP contribution in [0.3, 0.4) is 0 Å². The van der Waals surface area contributed by atoms with Crippen LogP contribution >= 0.6 is 22.7 Å². The standard InChI is InChI=1S/C16H16N4O2S2/c1-2-7-20-15(17-18-19-20)11-22-16(21)13(14-6-4-9-24-14)10-12-5-3-8-23-12/h3-6,8-10H,2,7,11H2,1H3/b13-10+. The molecular weight excluding hydrogens is 344 g/mol. The summed E-state index contributed by atoms with van der Waals surface area (Å²) >= 11 is 3.08. The minimum atomic E-state index is -0.378. The lowest BCUT2D eigenvalue weighted by Crippen LogP contribution is -2.11. The molecule has 0 atom stereocenters. The van der Waals surface area contributed by atoms with Crippen LogP contribution in [0.2, 0.25) is 0 Å². The van der Waals surface area contributed by atoms with Crippen LogP contribution in [0.1, 0.15) is 28.9 Å². The Hall–Kier alpha value is -2.32. The lowest BCUT2D eigenvalue weighted by molar-refractivity contribution is -0.138. The van der Waals surface area contributed by atoms with E-state index in [2.05, 4.69) is 15.5 Å². The zero-order chi connectivity index (χ0) is 16.8. The van der Waals surface area contributed by atoms with E-state index in [9.17, 15) is 4.79 Å². The lowest BCUT2D eigenvalue weighted by Gasteiger charge is -2.07. The summed E-state index contributed by atoms with van der Waals surface area (Å²) in [6, 6.07) is 7.74. The molecule has 0 aliphatic heterocycles. The number of thiophene rings is 2. The number of rotatable bonds is 7. The molecule has 0 saturated heterocycles. The smallest absolute Gasteiger partial charge is 0.340 e. The van der Waals surface area contributed by atoms with Gasteiger partial charge in [0.1, 0.15) is 0 Å². The summed E-state index contributed by atoms with van der Waals surface area (Å²) in [6.45, 7) is 2.79. The molecule has 0 radical (unpaired) electrons.